The highest BCUT2D eigenvalue weighted by Gasteiger charge is 2.26. The molecule has 5 nitrogen and oxygen atoms in total. The molecule has 0 aromatic heterocycles. The molecule has 0 unspecified atom stereocenters. The van der Waals surface area contributed by atoms with Gasteiger partial charge in [0, 0.05) is 12.2 Å². The summed E-state index contributed by atoms with van der Waals surface area (Å²) in [7, 11) is 0. The van der Waals surface area contributed by atoms with Crippen molar-refractivity contribution in [1.29, 1.82) is 0 Å². The molecule has 0 fully saturated rings. The van der Waals surface area contributed by atoms with E-state index < -0.39 is 0 Å². The molecule has 6 heteroatoms. The Morgan fingerprint density at radius 2 is 2.00 bits per heavy atom. The number of carbonyl (C=O) groups is 2. The van der Waals surface area contributed by atoms with Gasteiger partial charge in [-0.05, 0) is 29.0 Å². The van der Waals surface area contributed by atoms with Gasteiger partial charge in [0.25, 0.3) is 0 Å². The molecule has 2 amide bonds. The molecule has 1 heterocycles. The lowest BCUT2D eigenvalue weighted by Gasteiger charge is -2.21. The molecule has 0 radical (unpaired) electrons. The number of anilines is 1. The minimum atomic E-state index is -0.314. The number of benzene rings is 1. The van der Waals surface area contributed by atoms with Crippen molar-refractivity contribution in [3.8, 4) is 0 Å². The zero-order valence-corrected chi connectivity index (χ0v) is 14.1. The van der Waals surface area contributed by atoms with Crippen LogP contribution in [0, 0.1) is 0 Å². The lowest BCUT2D eigenvalue weighted by Crippen LogP contribution is -2.41. The SMILES string of the molecule is CC(C)(C)c1ccc2c(c1)CCN2C(=O)CNC(=O)CN.Cl. The normalized spacial score (nSPS) is 13.4. The first-order valence-electron chi connectivity index (χ1n) is 7.23. The zero-order valence-electron chi connectivity index (χ0n) is 13.3. The minimum Gasteiger partial charge on any atom is -0.346 e. The predicted molar refractivity (Wildman–Crippen MR) is 90.5 cm³/mol. The van der Waals surface area contributed by atoms with Crippen molar-refractivity contribution in [2.24, 2.45) is 5.73 Å². The van der Waals surface area contributed by atoms with Gasteiger partial charge < -0.3 is 16.0 Å². The lowest BCUT2D eigenvalue weighted by molar-refractivity contribution is -0.124. The number of fused-ring (bicyclic) bond motifs is 1. The fourth-order valence-electron chi connectivity index (χ4n) is 2.47. The van der Waals surface area contributed by atoms with Gasteiger partial charge in [0.2, 0.25) is 11.8 Å². The van der Waals surface area contributed by atoms with Crippen molar-refractivity contribution < 1.29 is 9.59 Å². The van der Waals surface area contributed by atoms with E-state index in [0.29, 0.717) is 6.54 Å². The molecule has 3 N–H and O–H groups in total. The van der Waals surface area contributed by atoms with Crippen LogP contribution in [0.25, 0.3) is 0 Å². The van der Waals surface area contributed by atoms with Gasteiger partial charge in [-0.2, -0.15) is 0 Å². The first-order chi connectivity index (χ1) is 9.82. The van der Waals surface area contributed by atoms with Crippen molar-refractivity contribution in [2.45, 2.75) is 32.6 Å². The Labute approximate surface area is 137 Å². The van der Waals surface area contributed by atoms with Crippen LogP contribution in [0.4, 0.5) is 5.69 Å². The third kappa shape index (κ3) is 3.99. The van der Waals surface area contributed by atoms with Crippen molar-refractivity contribution in [2.75, 3.05) is 24.5 Å². The molecule has 1 aliphatic rings. The van der Waals surface area contributed by atoms with Gasteiger partial charge in [0.15, 0.2) is 0 Å². The predicted octanol–water partition coefficient (Wildman–Crippen LogP) is 1.37. The summed E-state index contributed by atoms with van der Waals surface area (Å²) in [6.45, 7) is 7.09. The summed E-state index contributed by atoms with van der Waals surface area (Å²) in [6, 6.07) is 6.26. The molecule has 0 atom stereocenters. The molecule has 1 aliphatic heterocycles. The van der Waals surface area contributed by atoms with Crippen LogP contribution in [-0.4, -0.2) is 31.4 Å². The first kappa shape index (κ1) is 18.5. The van der Waals surface area contributed by atoms with E-state index in [1.165, 1.54) is 11.1 Å². The van der Waals surface area contributed by atoms with Gasteiger partial charge in [0.1, 0.15) is 0 Å². The van der Waals surface area contributed by atoms with Gasteiger partial charge in [-0.25, -0.2) is 0 Å². The van der Waals surface area contributed by atoms with E-state index >= 15 is 0 Å². The van der Waals surface area contributed by atoms with Crippen LogP contribution in [-0.2, 0) is 21.4 Å². The number of nitrogens with zero attached hydrogens (tertiary/aromatic N) is 1. The fraction of sp³-hybridized carbons (Fsp3) is 0.500. The van der Waals surface area contributed by atoms with E-state index in [0.717, 1.165) is 12.1 Å². The highest BCUT2D eigenvalue weighted by Crippen LogP contribution is 2.32. The molecule has 0 bridgehead atoms. The topological polar surface area (TPSA) is 75.4 Å². The minimum absolute atomic E-state index is 0. The van der Waals surface area contributed by atoms with Crippen LogP contribution in [0.2, 0.25) is 0 Å². The van der Waals surface area contributed by atoms with Gasteiger partial charge in [-0.3, -0.25) is 9.59 Å². The number of halogens is 1. The highest BCUT2D eigenvalue weighted by atomic mass is 35.5. The van der Waals surface area contributed by atoms with E-state index in [9.17, 15) is 9.59 Å². The molecule has 0 aliphatic carbocycles. The smallest absolute Gasteiger partial charge is 0.246 e. The first-order valence-corrected chi connectivity index (χ1v) is 7.23. The number of carbonyl (C=O) groups excluding carboxylic acids is 2. The van der Waals surface area contributed by atoms with Crippen molar-refractivity contribution in [3.63, 3.8) is 0 Å². The van der Waals surface area contributed by atoms with Gasteiger partial charge in [-0.1, -0.05) is 32.9 Å². The average molecular weight is 326 g/mol. The van der Waals surface area contributed by atoms with Gasteiger partial charge in [-0.15, -0.1) is 12.4 Å². The van der Waals surface area contributed by atoms with E-state index in [2.05, 4.69) is 38.2 Å². The third-order valence-electron chi connectivity index (χ3n) is 3.76. The maximum atomic E-state index is 12.2. The summed E-state index contributed by atoms with van der Waals surface area (Å²) in [5, 5.41) is 2.52. The Hall–Kier alpha value is -1.59. The highest BCUT2D eigenvalue weighted by molar-refractivity contribution is 5.98. The third-order valence-corrected chi connectivity index (χ3v) is 3.76. The monoisotopic (exact) mass is 325 g/mol. The standard InChI is InChI=1S/C16H23N3O2.ClH/c1-16(2,3)12-4-5-13-11(8-12)6-7-19(13)15(21)10-18-14(20)9-17;/h4-5,8H,6-7,9-10,17H2,1-3H3,(H,18,20);1H. The molecule has 1 aromatic rings. The summed E-state index contributed by atoms with van der Waals surface area (Å²) < 4.78 is 0. The molecule has 1 aromatic carbocycles. The Bertz CT molecular complexity index is 567. The van der Waals surface area contributed by atoms with Crippen molar-refractivity contribution >= 4 is 29.9 Å². The molecule has 0 saturated heterocycles. The molecular weight excluding hydrogens is 302 g/mol. The van der Waals surface area contributed by atoms with Crippen LogP contribution in [0.5, 0.6) is 0 Å². The quantitative estimate of drug-likeness (QED) is 0.881. The lowest BCUT2D eigenvalue weighted by atomic mass is 9.86. The number of nitrogens with two attached hydrogens (primary N) is 1. The molecule has 0 spiro atoms. The summed E-state index contributed by atoms with van der Waals surface area (Å²) in [5.74, 6) is -0.412. The van der Waals surface area contributed by atoms with Crippen LogP contribution in [0.1, 0.15) is 31.9 Å². The Morgan fingerprint density at radius 1 is 1.32 bits per heavy atom. The van der Waals surface area contributed by atoms with E-state index in [4.69, 9.17) is 5.73 Å². The molecule has 22 heavy (non-hydrogen) atoms. The second-order valence-electron chi connectivity index (χ2n) is 6.37. The number of nitrogens with one attached hydrogen (secondary N) is 1. The average Bonchev–Trinajstić information content (AvgIpc) is 2.86. The molecular formula is C16H24ClN3O2. The van der Waals surface area contributed by atoms with Crippen molar-refractivity contribution in [3.05, 3.63) is 29.3 Å². The van der Waals surface area contributed by atoms with E-state index in [1.807, 2.05) is 6.07 Å². The number of hydrogen-bond acceptors (Lipinski definition) is 3. The largest absolute Gasteiger partial charge is 0.346 e. The van der Waals surface area contributed by atoms with Crippen LogP contribution >= 0.6 is 12.4 Å². The number of hydrogen-bond donors (Lipinski definition) is 2. The molecule has 122 valence electrons. The van der Waals surface area contributed by atoms with Gasteiger partial charge in [0.05, 0.1) is 13.1 Å². The maximum absolute atomic E-state index is 12.2. The van der Waals surface area contributed by atoms with Gasteiger partial charge >= 0.3 is 0 Å². The number of amides is 2. The number of rotatable bonds is 3. The van der Waals surface area contributed by atoms with Crippen molar-refractivity contribution in [1.82, 2.24) is 5.32 Å². The Kier molecular flexibility index (Phi) is 5.97. The summed E-state index contributed by atoms with van der Waals surface area (Å²) in [6.07, 6.45) is 0.857. The summed E-state index contributed by atoms with van der Waals surface area (Å²) in [4.78, 5) is 25.0. The Morgan fingerprint density at radius 3 is 2.59 bits per heavy atom. The van der Waals surface area contributed by atoms with Crippen LogP contribution in [0.3, 0.4) is 0 Å². The second kappa shape index (κ2) is 7.11. The Balaban J connectivity index is 0.00000242. The fourth-order valence-corrected chi connectivity index (χ4v) is 2.47. The summed E-state index contributed by atoms with van der Waals surface area (Å²) in [5.41, 5.74) is 8.73. The molecule has 0 saturated carbocycles. The van der Waals surface area contributed by atoms with E-state index in [-0.39, 0.29) is 42.7 Å². The zero-order chi connectivity index (χ0) is 15.6. The second-order valence-corrected chi connectivity index (χ2v) is 6.37. The van der Waals surface area contributed by atoms with E-state index in [1.54, 1.807) is 4.90 Å². The van der Waals surface area contributed by atoms with Crippen LogP contribution in [0.15, 0.2) is 18.2 Å². The van der Waals surface area contributed by atoms with Crippen LogP contribution < -0.4 is 16.0 Å². The molecule has 2 rings (SSSR count). The maximum Gasteiger partial charge on any atom is 0.246 e. The summed E-state index contributed by atoms with van der Waals surface area (Å²) >= 11 is 0.